The average molecular weight is 195 g/mol. The fraction of sp³-hybridized carbons (Fsp3) is 0.800. The topological polar surface area (TPSA) is 70.1 Å². The van der Waals surface area contributed by atoms with Gasteiger partial charge in [0.05, 0.1) is 18.2 Å². The number of piperidine rings is 1. The van der Waals surface area contributed by atoms with Crippen LogP contribution in [0.2, 0.25) is 0 Å². The highest BCUT2D eigenvalue weighted by Crippen LogP contribution is 2.20. The molecule has 0 bridgehead atoms. The number of amides is 1. The van der Waals surface area contributed by atoms with E-state index in [0.29, 0.717) is 0 Å². The van der Waals surface area contributed by atoms with E-state index < -0.39 is 0 Å². The van der Waals surface area contributed by atoms with Crippen molar-refractivity contribution >= 4 is 5.91 Å². The molecule has 0 saturated carbocycles. The van der Waals surface area contributed by atoms with Crippen LogP contribution < -0.4 is 5.73 Å². The largest absolute Gasteiger partial charge is 0.368 e. The van der Waals surface area contributed by atoms with Crippen molar-refractivity contribution in [3.8, 4) is 6.07 Å². The Balaban J connectivity index is 2.72. The van der Waals surface area contributed by atoms with Crippen LogP contribution in [0.1, 0.15) is 32.6 Å². The zero-order chi connectivity index (χ0) is 10.6. The molecule has 1 aliphatic heterocycles. The molecule has 0 radical (unpaired) electrons. The second-order valence-electron chi connectivity index (χ2n) is 3.70. The van der Waals surface area contributed by atoms with Crippen molar-refractivity contribution in [3.05, 3.63) is 0 Å². The number of nitriles is 1. The highest BCUT2D eigenvalue weighted by molar-refractivity contribution is 5.80. The lowest BCUT2D eigenvalue weighted by atomic mass is 9.99. The van der Waals surface area contributed by atoms with Crippen LogP contribution >= 0.6 is 0 Å². The van der Waals surface area contributed by atoms with E-state index in [-0.39, 0.29) is 18.0 Å². The Morgan fingerprint density at radius 3 is 2.93 bits per heavy atom. The van der Waals surface area contributed by atoms with E-state index in [2.05, 4.69) is 6.07 Å². The summed E-state index contributed by atoms with van der Waals surface area (Å²) in [6, 6.07) is 1.84. The lowest BCUT2D eigenvalue weighted by molar-refractivity contribution is -0.125. The zero-order valence-corrected chi connectivity index (χ0v) is 8.57. The first-order chi connectivity index (χ1) is 6.70. The molecule has 4 nitrogen and oxygen atoms in total. The standard InChI is InChI=1S/C10H17N3O/c1-2-8(7-11)13-6-4-3-5-9(13)10(12)14/h8-9H,2-6H2,1H3,(H2,12,14). The summed E-state index contributed by atoms with van der Waals surface area (Å²) in [5, 5.41) is 8.93. The molecule has 0 spiro atoms. The van der Waals surface area contributed by atoms with Gasteiger partial charge in [-0.15, -0.1) is 0 Å². The van der Waals surface area contributed by atoms with Gasteiger partial charge in [0.25, 0.3) is 0 Å². The Bertz CT molecular complexity index is 246. The monoisotopic (exact) mass is 195 g/mol. The summed E-state index contributed by atoms with van der Waals surface area (Å²) in [7, 11) is 0. The number of carbonyl (C=O) groups is 1. The van der Waals surface area contributed by atoms with Gasteiger partial charge in [-0.3, -0.25) is 9.69 Å². The van der Waals surface area contributed by atoms with E-state index >= 15 is 0 Å². The Hall–Kier alpha value is -1.08. The SMILES string of the molecule is CCC(C#N)N1CCCCC1C(N)=O. The normalized spacial score (nSPS) is 25.3. The second kappa shape index (κ2) is 4.97. The number of nitrogens with zero attached hydrogens (tertiary/aromatic N) is 2. The first-order valence-corrected chi connectivity index (χ1v) is 5.15. The predicted octanol–water partition coefficient (Wildman–Crippen LogP) is 0.628. The smallest absolute Gasteiger partial charge is 0.234 e. The third-order valence-electron chi connectivity index (χ3n) is 2.81. The van der Waals surface area contributed by atoms with Gasteiger partial charge in [-0.25, -0.2) is 0 Å². The van der Waals surface area contributed by atoms with Gasteiger partial charge in [0.1, 0.15) is 0 Å². The molecule has 0 aromatic carbocycles. The summed E-state index contributed by atoms with van der Waals surface area (Å²) in [5.74, 6) is -0.293. The minimum atomic E-state index is -0.293. The summed E-state index contributed by atoms with van der Waals surface area (Å²) in [6.45, 7) is 2.78. The molecule has 1 rings (SSSR count). The highest BCUT2D eigenvalue weighted by Gasteiger charge is 2.31. The third-order valence-corrected chi connectivity index (χ3v) is 2.81. The summed E-state index contributed by atoms with van der Waals surface area (Å²) < 4.78 is 0. The minimum absolute atomic E-state index is 0.159. The number of carbonyl (C=O) groups excluding carboxylic acids is 1. The van der Waals surface area contributed by atoms with Crippen molar-refractivity contribution in [2.45, 2.75) is 44.7 Å². The third kappa shape index (κ3) is 2.24. The quantitative estimate of drug-likeness (QED) is 0.718. The Morgan fingerprint density at radius 1 is 1.71 bits per heavy atom. The predicted molar refractivity (Wildman–Crippen MR) is 53.2 cm³/mol. The Kier molecular flexibility index (Phi) is 3.90. The van der Waals surface area contributed by atoms with Gasteiger partial charge in [-0.2, -0.15) is 5.26 Å². The van der Waals surface area contributed by atoms with Gasteiger partial charge in [0.2, 0.25) is 5.91 Å². The number of hydrogen-bond donors (Lipinski definition) is 1. The molecule has 1 heterocycles. The molecule has 1 fully saturated rings. The van der Waals surface area contributed by atoms with E-state index in [4.69, 9.17) is 11.0 Å². The van der Waals surface area contributed by atoms with Gasteiger partial charge in [-0.1, -0.05) is 13.3 Å². The second-order valence-corrected chi connectivity index (χ2v) is 3.70. The minimum Gasteiger partial charge on any atom is -0.368 e. The maximum absolute atomic E-state index is 11.2. The van der Waals surface area contributed by atoms with Crippen molar-refractivity contribution in [2.24, 2.45) is 5.73 Å². The van der Waals surface area contributed by atoms with Gasteiger partial charge < -0.3 is 5.73 Å². The molecular formula is C10H17N3O. The molecule has 2 unspecified atom stereocenters. The lowest BCUT2D eigenvalue weighted by Crippen LogP contribution is -2.51. The van der Waals surface area contributed by atoms with Crippen molar-refractivity contribution < 1.29 is 4.79 Å². The first-order valence-electron chi connectivity index (χ1n) is 5.15. The van der Waals surface area contributed by atoms with Crippen LogP contribution in [0, 0.1) is 11.3 Å². The fourth-order valence-corrected chi connectivity index (χ4v) is 2.03. The highest BCUT2D eigenvalue weighted by atomic mass is 16.1. The van der Waals surface area contributed by atoms with E-state index in [1.165, 1.54) is 0 Å². The van der Waals surface area contributed by atoms with Crippen LogP contribution in [0.5, 0.6) is 0 Å². The number of hydrogen-bond acceptors (Lipinski definition) is 3. The molecular weight excluding hydrogens is 178 g/mol. The molecule has 0 aliphatic carbocycles. The lowest BCUT2D eigenvalue weighted by Gasteiger charge is -2.36. The number of nitrogens with two attached hydrogens (primary N) is 1. The molecule has 4 heteroatoms. The van der Waals surface area contributed by atoms with Gasteiger partial charge in [0.15, 0.2) is 0 Å². The molecule has 78 valence electrons. The summed E-state index contributed by atoms with van der Waals surface area (Å²) in [4.78, 5) is 13.1. The fourth-order valence-electron chi connectivity index (χ4n) is 2.03. The maximum Gasteiger partial charge on any atom is 0.234 e. The van der Waals surface area contributed by atoms with E-state index in [1.807, 2.05) is 11.8 Å². The average Bonchev–Trinajstić information content (AvgIpc) is 2.20. The summed E-state index contributed by atoms with van der Waals surface area (Å²) >= 11 is 0. The van der Waals surface area contributed by atoms with Crippen LogP contribution in [0.25, 0.3) is 0 Å². The number of rotatable bonds is 3. The molecule has 2 atom stereocenters. The van der Waals surface area contributed by atoms with Crippen molar-refractivity contribution in [1.29, 1.82) is 5.26 Å². The number of likely N-dealkylation sites (tertiary alicyclic amines) is 1. The van der Waals surface area contributed by atoms with Crippen molar-refractivity contribution in [1.82, 2.24) is 4.90 Å². The molecule has 0 aromatic heterocycles. The van der Waals surface area contributed by atoms with Crippen LogP contribution in [0.4, 0.5) is 0 Å². The summed E-state index contributed by atoms with van der Waals surface area (Å²) in [6.07, 6.45) is 3.64. The van der Waals surface area contributed by atoms with E-state index in [1.54, 1.807) is 0 Å². The van der Waals surface area contributed by atoms with Crippen LogP contribution in [-0.4, -0.2) is 29.4 Å². The maximum atomic E-state index is 11.2. The zero-order valence-electron chi connectivity index (χ0n) is 8.57. The van der Waals surface area contributed by atoms with Gasteiger partial charge in [0, 0.05) is 6.54 Å². The Labute approximate surface area is 84.7 Å². The van der Waals surface area contributed by atoms with Crippen LogP contribution in [0.15, 0.2) is 0 Å². The van der Waals surface area contributed by atoms with E-state index in [9.17, 15) is 4.79 Å². The van der Waals surface area contributed by atoms with Crippen LogP contribution in [0.3, 0.4) is 0 Å². The van der Waals surface area contributed by atoms with Gasteiger partial charge >= 0.3 is 0 Å². The van der Waals surface area contributed by atoms with Crippen molar-refractivity contribution in [2.75, 3.05) is 6.54 Å². The molecule has 0 aromatic rings. The van der Waals surface area contributed by atoms with E-state index in [0.717, 1.165) is 32.2 Å². The molecule has 14 heavy (non-hydrogen) atoms. The molecule has 2 N–H and O–H groups in total. The first kappa shape index (κ1) is 11.0. The molecule has 1 amide bonds. The summed E-state index contributed by atoms with van der Waals surface area (Å²) in [5.41, 5.74) is 5.31. The number of primary amides is 1. The van der Waals surface area contributed by atoms with Crippen molar-refractivity contribution in [3.63, 3.8) is 0 Å². The Morgan fingerprint density at radius 2 is 2.43 bits per heavy atom. The van der Waals surface area contributed by atoms with Crippen LogP contribution in [-0.2, 0) is 4.79 Å². The van der Waals surface area contributed by atoms with Gasteiger partial charge in [-0.05, 0) is 19.3 Å². The molecule has 1 aliphatic rings. The molecule has 1 saturated heterocycles.